The molecule has 4 saturated carbocycles. The van der Waals surface area contributed by atoms with Crippen LogP contribution in [0.15, 0.2) is 11.6 Å². The number of hydrogen-bond donors (Lipinski definition) is 11. The zero-order valence-corrected chi connectivity index (χ0v) is 43.4. The fourth-order valence-corrected chi connectivity index (χ4v) is 16.9. The summed E-state index contributed by atoms with van der Waals surface area (Å²) in [5.74, 6) is -0.230. The molecule has 6 saturated heterocycles. The fourth-order valence-electron chi connectivity index (χ4n) is 16.9. The lowest BCUT2D eigenvalue weighted by Crippen LogP contribution is -2.68. The van der Waals surface area contributed by atoms with E-state index in [0.29, 0.717) is 25.4 Å². The van der Waals surface area contributed by atoms with Crippen LogP contribution in [0.2, 0.25) is 0 Å². The highest BCUT2D eigenvalue weighted by Crippen LogP contribution is 2.80. The quantitative estimate of drug-likeness (QED) is 0.0967. The van der Waals surface area contributed by atoms with Crippen LogP contribution >= 0.6 is 0 Å². The van der Waals surface area contributed by atoms with Crippen molar-refractivity contribution in [3.05, 3.63) is 11.6 Å². The van der Waals surface area contributed by atoms with Crippen molar-refractivity contribution >= 4 is 0 Å². The first-order chi connectivity index (χ1) is 34.2. The first-order valence-corrected chi connectivity index (χ1v) is 26.8. The predicted octanol–water partition coefficient (Wildman–Crippen LogP) is -0.542. The zero-order chi connectivity index (χ0) is 52.7. The van der Waals surface area contributed by atoms with Crippen LogP contribution in [-0.2, 0) is 47.4 Å². The van der Waals surface area contributed by atoms with Crippen LogP contribution in [0.1, 0.15) is 107 Å². The molecule has 0 aromatic heterocycles. The molecular weight excluding hydrogens is 961 g/mol. The maximum Gasteiger partial charge on any atom is 0.187 e. The Morgan fingerprint density at radius 2 is 1.32 bits per heavy atom. The average molecular weight is 1050 g/mol. The van der Waals surface area contributed by atoms with E-state index < -0.39 is 147 Å². The minimum absolute atomic E-state index is 0.108. The highest BCUT2D eigenvalue weighted by molar-refractivity contribution is 5.27. The first kappa shape index (κ1) is 55.2. The van der Waals surface area contributed by atoms with E-state index in [1.165, 1.54) is 6.92 Å². The van der Waals surface area contributed by atoms with E-state index >= 15 is 0 Å². The third kappa shape index (κ3) is 8.77. The molecule has 73 heavy (non-hydrogen) atoms. The largest absolute Gasteiger partial charge is 0.394 e. The van der Waals surface area contributed by atoms with Crippen molar-refractivity contribution in [3.63, 3.8) is 0 Å². The molecule has 10 aliphatic rings. The van der Waals surface area contributed by atoms with Crippen LogP contribution in [0.25, 0.3) is 0 Å². The highest BCUT2D eigenvalue weighted by atomic mass is 16.8. The Morgan fingerprint density at radius 3 is 2.03 bits per heavy atom. The number of rotatable bonds is 10. The van der Waals surface area contributed by atoms with Crippen molar-refractivity contribution in [2.24, 2.45) is 45.3 Å². The Balaban J connectivity index is 0.919. The number of ether oxygens (including phenoxy) is 10. The SMILES string of the molecule is CC(C)=C[C@H]1C[C@@](C)(O)[C@@H]2[C@H]3CC[C@@H]4[C@@]5(C)CC[C@H](O[C@@H]6OC[C@H](O)[C@H](O[C@@H]7O[C@H](CO)[C@@H](O)[C@H](O)[C@H]7O[C@@H]7OC[C@@H](O)[C@H](O)[C@H]7O)[C@H]6O[C@@H]6O[C@@H](C)[C@@H](O)[C@@H](O)[C@H]6O)C(C)(C)[C@@H]5CC[C@@]4(C)[C@@]34CO[C@@]2(C4)O1. The minimum atomic E-state index is -1.87. The summed E-state index contributed by atoms with van der Waals surface area (Å²) in [6.45, 7) is 15.9. The molecule has 0 aromatic rings. The summed E-state index contributed by atoms with van der Waals surface area (Å²) in [7, 11) is 0. The molecule has 11 N–H and O–H groups in total. The van der Waals surface area contributed by atoms with E-state index in [0.717, 1.165) is 44.1 Å². The van der Waals surface area contributed by atoms with Crippen molar-refractivity contribution in [3.8, 4) is 0 Å². The van der Waals surface area contributed by atoms with Crippen LogP contribution in [0.3, 0.4) is 0 Å². The van der Waals surface area contributed by atoms with Crippen molar-refractivity contribution in [2.45, 2.75) is 241 Å². The van der Waals surface area contributed by atoms with Gasteiger partial charge in [0.15, 0.2) is 30.9 Å². The molecule has 10 fully saturated rings. The van der Waals surface area contributed by atoms with Gasteiger partial charge in [-0.3, -0.25) is 0 Å². The summed E-state index contributed by atoms with van der Waals surface area (Å²) in [5.41, 5.74) is -0.717. The van der Waals surface area contributed by atoms with Gasteiger partial charge in [-0.25, -0.2) is 0 Å². The number of aliphatic hydroxyl groups is 11. The lowest BCUT2D eigenvalue weighted by Gasteiger charge is -2.70. The molecule has 418 valence electrons. The molecule has 29 atom stereocenters. The summed E-state index contributed by atoms with van der Waals surface area (Å²) >= 11 is 0. The van der Waals surface area contributed by atoms with Gasteiger partial charge in [-0.05, 0) is 100 Å². The van der Waals surface area contributed by atoms with E-state index in [1.807, 2.05) is 6.92 Å². The third-order valence-corrected chi connectivity index (χ3v) is 20.4. The Hall–Kier alpha value is -1.10. The molecule has 10 rings (SSSR count). The van der Waals surface area contributed by atoms with Crippen molar-refractivity contribution < 1.29 is 104 Å². The van der Waals surface area contributed by atoms with Gasteiger partial charge in [0.05, 0.1) is 50.3 Å². The Kier molecular flexibility index (Phi) is 14.8. The van der Waals surface area contributed by atoms with Crippen LogP contribution in [0.4, 0.5) is 0 Å². The Bertz CT molecular complexity index is 2010. The molecule has 0 amide bonds. The van der Waals surface area contributed by atoms with Gasteiger partial charge >= 0.3 is 0 Å². The number of hydrogen-bond acceptors (Lipinski definition) is 21. The second-order valence-electron chi connectivity index (χ2n) is 25.3. The van der Waals surface area contributed by atoms with E-state index in [2.05, 4.69) is 47.6 Å². The van der Waals surface area contributed by atoms with E-state index in [4.69, 9.17) is 47.4 Å². The second kappa shape index (κ2) is 19.6. The topological polar surface area (TPSA) is 315 Å². The first-order valence-electron chi connectivity index (χ1n) is 26.8. The molecule has 4 aliphatic carbocycles. The Labute approximate surface area is 426 Å². The number of allylic oxidation sites excluding steroid dienone is 1. The van der Waals surface area contributed by atoms with Gasteiger partial charge in [0, 0.05) is 24.2 Å². The molecule has 21 heteroatoms. The molecular formula is C52H84O21. The third-order valence-electron chi connectivity index (χ3n) is 20.4. The van der Waals surface area contributed by atoms with Crippen molar-refractivity contribution in [1.82, 2.24) is 0 Å². The maximum atomic E-state index is 12.3. The van der Waals surface area contributed by atoms with Gasteiger partial charge in [-0.2, -0.15) is 0 Å². The van der Waals surface area contributed by atoms with Crippen LogP contribution in [-0.4, -0.2) is 217 Å². The lowest BCUT2D eigenvalue weighted by molar-refractivity contribution is -0.399. The molecule has 0 aromatic carbocycles. The molecule has 0 radical (unpaired) electrons. The predicted molar refractivity (Wildman–Crippen MR) is 250 cm³/mol. The summed E-state index contributed by atoms with van der Waals surface area (Å²) in [5, 5.41) is 121. The monoisotopic (exact) mass is 1040 g/mol. The molecule has 2 bridgehead atoms. The standard InChI is InChI=1S/C52H84O21/c1-22(2)15-24-16-50(8,63)42-25-9-10-30-48(6)13-12-31(47(4,5)29(48)11-14-49(30,7)51(25)20-52(42,73-24)66-21-51)69-45-41(72-44-38(62)35(59)32(56)23(3)67-44)39(27(55)19-65-45)70-46-40(36(60)34(58)28(17-53)68-46)71-43-37(61)33(57)26(54)18-64-43/h15,23-46,53-63H,9-14,16-21H2,1-8H3/t23-,24-,25+,26+,27-,28+,29-,30+,31-,32+,33-,34+,35+,36-,37+,38+,39-,40+,41+,42-,43-,44-,45-,46-,48-,49+,50+,51-,52-/m0/s1. The smallest absolute Gasteiger partial charge is 0.187 e. The summed E-state index contributed by atoms with van der Waals surface area (Å²) in [6.07, 6.45) is -20.8. The van der Waals surface area contributed by atoms with Gasteiger partial charge in [-0.15, -0.1) is 0 Å². The molecule has 0 unspecified atom stereocenters. The van der Waals surface area contributed by atoms with Gasteiger partial charge in [0.2, 0.25) is 0 Å². The van der Waals surface area contributed by atoms with Gasteiger partial charge in [-0.1, -0.05) is 39.3 Å². The maximum absolute atomic E-state index is 12.3. The van der Waals surface area contributed by atoms with E-state index in [1.54, 1.807) is 0 Å². The number of fused-ring (bicyclic) bond motifs is 4. The Morgan fingerprint density at radius 1 is 0.644 bits per heavy atom. The summed E-state index contributed by atoms with van der Waals surface area (Å²) in [6, 6.07) is 0. The number of aliphatic hydroxyl groups excluding tert-OH is 10. The van der Waals surface area contributed by atoms with E-state index in [9.17, 15) is 56.2 Å². The summed E-state index contributed by atoms with van der Waals surface area (Å²) < 4.78 is 63.4. The van der Waals surface area contributed by atoms with Gasteiger partial charge in [0.25, 0.3) is 0 Å². The lowest BCUT2D eigenvalue weighted by atomic mass is 9.35. The van der Waals surface area contributed by atoms with Crippen LogP contribution in [0.5, 0.6) is 0 Å². The second-order valence-corrected chi connectivity index (χ2v) is 25.3. The molecule has 6 aliphatic heterocycles. The fraction of sp³-hybridized carbons (Fsp3) is 0.962. The highest BCUT2D eigenvalue weighted by Gasteiger charge is 2.81. The molecule has 6 heterocycles. The zero-order valence-electron chi connectivity index (χ0n) is 43.4. The van der Waals surface area contributed by atoms with Crippen LogP contribution in [0, 0.1) is 45.3 Å². The summed E-state index contributed by atoms with van der Waals surface area (Å²) in [4.78, 5) is 0. The molecule has 2 spiro atoms. The van der Waals surface area contributed by atoms with Gasteiger partial charge in [0.1, 0.15) is 79.4 Å². The molecule has 21 nitrogen and oxygen atoms in total. The van der Waals surface area contributed by atoms with Crippen LogP contribution < -0.4 is 0 Å². The average Bonchev–Trinajstić information content (AvgIpc) is 3.85. The minimum Gasteiger partial charge on any atom is -0.394 e. The van der Waals surface area contributed by atoms with Crippen molar-refractivity contribution in [1.29, 1.82) is 0 Å². The normalized spacial score (nSPS) is 57.5. The van der Waals surface area contributed by atoms with Gasteiger partial charge < -0.3 is 104 Å². The van der Waals surface area contributed by atoms with E-state index in [-0.39, 0.29) is 46.7 Å². The van der Waals surface area contributed by atoms with Crippen molar-refractivity contribution in [2.75, 3.05) is 26.4 Å².